The average molecular weight is 231 g/mol. The molecule has 96 valence electrons. The molecule has 0 aromatic rings. The third-order valence-electron chi connectivity index (χ3n) is 2.61. The number of unbranched alkanes of at least 4 members (excludes halogenated alkanes) is 1. The lowest BCUT2D eigenvalue weighted by Gasteiger charge is -2.22. The van der Waals surface area contributed by atoms with Crippen molar-refractivity contribution in [2.45, 2.75) is 58.0 Å². The summed E-state index contributed by atoms with van der Waals surface area (Å²) in [5, 5.41) is 12.2. The SMILES string of the molecule is CCCCC(CCC)NC(COC)C(=O)O. The molecule has 0 bridgehead atoms. The van der Waals surface area contributed by atoms with Gasteiger partial charge in [0.25, 0.3) is 0 Å². The summed E-state index contributed by atoms with van der Waals surface area (Å²) in [6, 6.07) is -0.292. The predicted molar refractivity (Wildman–Crippen MR) is 64.7 cm³/mol. The van der Waals surface area contributed by atoms with Gasteiger partial charge in [0.15, 0.2) is 0 Å². The van der Waals surface area contributed by atoms with Gasteiger partial charge in [-0.25, -0.2) is 0 Å². The Kier molecular flexibility index (Phi) is 9.24. The smallest absolute Gasteiger partial charge is 0.323 e. The number of ether oxygens (including phenoxy) is 1. The molecule has 2 N–H and O–H groups in total. The summed E-state index contributed by atoms with van der Waals surface area (Å²) in [5.41, 5.74) is 0. The van der Waals surface area contributed by atoms with Gasteiger partial charge in [-0.05, 0) is 12.8 Å². The molecule has 0 saturated heterocycles. The van der Waals surface area contributed by atoms with E-state index < -0.39 is 12.0 Å². The first-order valence-electron chi connectivity index (χ1n) is 6.13. The molecule has 0 heterocycles. The normalized spacial score (nSPS) is 14.7. The Morgan fingerprint density at radius 3 is 2.44 bits per heavy atom. The summed E-state index contributed by atoms with van der Waals surface area (Å²) in [6.45, 7) is 4.49. The number of hydrogen-bond donors (Lipinski definition) is 2. The molecule has 0 aromatic heterocycles. The van der Waals surface area contributed by atoms with E-state index >= 15 is 0 Å². The highest BCUT2D eigenvalue weighted by molar-refractivity contribution is 5.73. The third kappa shape index (κ3) is 6.80. The minimum atomic E-state index is -0.834. The number of aliphatic carboxylic acids is 1. The van der Waals surface area contributed by atoms with Gasteiger partial charge in [0.2, 0.25) is 0 Å². The van der Waals surface area contributed by atoms with Crippen LogP contribution in [0.2, 0.25) is 0 Å². The molecule has 0 aromatic carbocycles. The van der Waals surface area contributed by atoms with Crippen molar-refractivity contribution in [1.82, 2.24) is 5.32 Å². The van der Waals surface area contributed by atoms with Crippen molar-refractivity contribution in [2.75, 3.05) is 13.7 Å². The van der Waals surface area contributed by atoms with Crippen LogP contribution in [0.5, 0.6) is 0 Å². The summed E-state index contributed by atoms with van der Waals surface area (Å²) < 4.78 is 4.91. The molecule has 0 aliphatic heterocycles. The predicted octanol–water partition coefficient (Wildman–Crippen LogP) is 2.03. The highest BCUT2D eigenvalue weighted by Gasteiger charge is 2.20. The molecular formula is C12H25NO3. The lowest BCUT2D eigenvalue weighted by Crippen LogP contribution is -2.46. The first kappa shape index (κ1) is 15.4. The second kappa shape index (κ2) is 9.60. The molecule has 0 rings (SSSR count). The fraction of sp³-hybridized carbons (Fsp3) is 0.917. The van der Waals surface area contributed by atoms with E-state index in [1.165, 1.54) is 7.11 Å². The number of rotatable bonds is 10. The summed E-state index contributed by atoms with van der Waals surface area (Å²) >= 11 is 0. The summed E-state index contributed by atoms with van der Waals surface area (Å²) in [7, 11) is 1.53. The van der Waals surface area contributed by atoms with Crippen molar-refractivity contribution in [1.29, 1.82) is 0 Å². The summed E-state index contributed by atoms with van der Waals surface area (Å²) in [4.78, 5) is 11.0. The molecule has 4 heteroatoms. The fourth-order valence-electron chi connectivity index (χ4n) is 1.75. The molecule has 0 fully saturated rings. The molecule has 0 amide bonds. The van der Waals surface area contributed by atoms with Crippen LogP contribution < -0.4 is 5.32 Å². The van der Waals surface area contributed by atoms with Crippen LogP contribution in [0.1, 0.15) is 46.0 Å². The number of carbonyl (C=O) groups is 1. The maximum absolute atomic E-state index is 11.0. The Bertz CT molecular complexity index is 185. The lowest BCUT2D eigenvalue weighted by molar-refractivity contribution is -0.141. The number of methoxy groups -OCH3 is 1. The van der Waals surface area contributed by atoms with Crippen molar-refractivity contribution < 1.29 is 14.6 Å². The second-order valence-electron chi connectivity index (χ2n) is 4.14. The van der Waals surface area contributed by atoms with Crippen molar-refractivity contribution >= 4 is 5.97 Å². The van der Waals surface area contributed by atoms with Gasteiger partial charge < -0.3 is 9.84 Å². The van der Waals surface area contributed by atoms with Gasteiger partial charge in [0.05, 0.1) is 6.61 Å². The number of carboxylic acids is 1. The molecule has 0 spiro atoms. The number of nitrogens with one attached hydrogen (secondary N) is 1. The zero-order valence-electron chi connectivity index (χ0n) is 10.7. The van der Waals surface area contributed by atoms with E-state index in [0.29, 0.717) is 6.04 Å². The molecule has 16 heavy (non-hydrogen) atoms. The molecular weight excluding hydrogens is 206 g/mol. The van der Waals surface area contributed by atoms with E-state index in [4.69, 9.17) is 9.84 Å². The quantitative estimate of drug-likeness (QED) is 0.604. The van der Waals surface area contributed by atoms with Crippen molar-refractivity contribution in [3.8, 4) is 0 Å². The van der Waals surface area contributed by atoms with Crippen molar-refractivity contribution in [2.24, 2.45) is 0 Å². The Morgan fingerprint density at radius 2 is 2.00 bits per heavy atom. The summed E-state index contributed by atoms with van der Waals surface area (Å²) in [6.07, 6.45) is 5.41. The Balaban J connectivity index is 4.14. The van der Waals surface area contributed by atoms with Crippen LogP contribution in [0.3, 0.4) is 0 Å². The van der Waals surface area contributed by atoms with Crippen LogP contribution in [-0.2, 0) is 9.53 Å². The van der Waals surface area contributed by atoms with E-state index in [-0.39, 0.29) is 6.61 Å². The maximum Gasteiger partial charge on any atom is 0.323 e. The highest BCUT2D eigenvalue weighted by Crippen LogP contribution is 2.08. The van der Waals surface area contributed by atoms with Crippen LogP contribution in [-0.4, -0.2) is 36.9 Å². The van der Waals surface area contributed by atoms with Crippen LogP contribution in [0.4, 0.5) is 0 Å². The zero-order chi connectivity index (χ0) is 12.4. The largest absolute Gasteiger partial charge is 0.480 e. The topological polar surface area (TPSA) is 58.6 Å². The maximum atomic E-state index is 11.0. The van der Waals surface area contributed by atoms with Gasteiger partial charge in [-0.1, -0.05) is 33.1 Å². The van der Waals surface area contributed by atoms with Gasteiger partial charge in [-0.2, -0.15) is 0 Å². The van der Waals surface area contributed by atoms with E-state index in [2.05, 4.69) is 19.2 Å². The molecule has 0 aliphatic carbocycles. The van der Waals surface area contributed by atoms with Gasteiger partial charge in [-0.15, -0.1) is 0 Å². The van der Waals surface area contributed by atoms with Crippen molar-refractivity contribution in [3.63, 3.8) is 0 Å². The van der Waals surface area contributed by atoms with Crippen LogP contribution in [0.25, 0.3) is 0 Å². The highest BCUT2D eigenvalue weighted by atomic mass is 16.5. The van der Waals surface area contributed by atoms with Crippen LogP contribution in [0, 0.1) is 0 Å². The minimum Gasteiger partial charge on any atom is -0.480 e. The monoisotopic (exact) mass is 231 g/mol. The molecule has 0 saturated carbocycles. The molecule has 0 radical (unpaired) electrons. The van der Waals surface area contributed by atoms with E-state index in [9.17, 15) is 4.79 Å². The standard InChI is InChI=1S/C12H25NO3/c1-4-6-8-10(7-5-2)13-11(9-16-3)12(14)15/h10-11,13H,4-9H2,1-3H3,(H,14,15). The van der Waals surface area contributed by atoms with Gasteiger partial charge in [0, 0.05) is 13.2 Å². The van der Waals surface area contributed by atoms with Crippen LogP contribution in [0.15, 0.2) is 0 Å². The lowest BCUT2D eigenvalue weighted by atomic mass is 10.0. The van der Waals surface area contributed by atoms with E-state index in [1.54, 1.807) is 0 Å². The Hall–Kier alpha value is -0.610. The average Bonchev–Trinajstić information content (AvgIpc) is 2.25. The summed E-state index contributed by atoms with van der Waals surface area (Å²) in [5.74, 6) is -0.834. The minimum absolute atomic E-state index is 0.224. The van der Waals surface area contributed by atoms with Crippen molar-refractivity contribution in [3.05, 3.63) is 0 Å². The first-order valence-corrected chi connectivity index (χ1v) is 6.13. The first-order chi connectivity index (χ1) is 7.65. The van der Waals surface area contributed by atoms with Crippen LogP contribution >= 0.6 is 0 Å². The third-order valence-corrected chi connectivity index (χ3v) is 2.61. The molecule has 0 aliphatic rings. The van der Waals surface area contributed by atoms with E-state index in [1.807, 2.05) is 0 Å². The Labute approximate surface area is 98.4 Å². The molecule has 4 nitrogen and oxygen atoms in total. The molecule has 2 atom stereocenters. The zero-order valence-corrected chi connectivity index (χ0v) is 10.7. The van der Waals surface area contributed by atoms with Gasteiger partial charge in [0.1, 0.15) is 6.04 Å². The number of carboxylic acid groups (broad SMARTS) is 1. The fourth-order valence-corrected chi connectivity index (χ4v) is 1.75. The van der Waals surface area contributed by atoms with Gasteiger partial charge in [-0.3, -0.25) is 10.1 Å². The van der Waals surface area contributed by atoms with Gasteiger partial charge >= 0.3 is 5.97 Å². The van der Waals surface area contributed by atoms with E-state index in [0.717, 1.165) is 32.1 Å². The second-order valence-corrected chi connectivity index (χ2v) is 4.14. The number of hydrogen-bond acceptors (Lipinski definition) is 3. The molecule has 2 unspecified atom stereocenters. The Morgan fingerprint density at radius 1 is 1.31 bits per heavy atom.